The summed E-state index contributed by atoms with van der Waals surface area (Å²) in [5, 5.41) is 13.7. The van der Waals surface area contributed by atoms with E-state index in [1.165, 1.54) is 12.1 Å². The molecule has 120 valence electrons. The number of nitro benzene ring substituents is 1. The summed E-state index contributed by atoms with van der Waals surface area (Å²) in [5.74, 6) is -0.392. The fourth-order valence-corrected chi connectivity index (χ4v) is 2.04. The van der Waals surface area contributed by atoms with E-state index in [1.54, 1.807) is 31.3 Å². The van der Waals surface area contributed by atoms with Gasteiger partial charge in [0, 0.05) is 36.1 Å². The number of hydrogen-bond donors (Lipinski definition) is 1. The molecular weight excluding hydrogens is 298 g/mol. The minimum Gasteiger partial charge on any atom is -0.464 e. The third-order valence-corrected chi connectivity index (χ3v) is 3.13. The SMILES string of the molecule is CCOC(=O)C(Cc1ccccn1)Nc1ccc([N+](=O)[O-])cc1. The van der Waals surface area contributed by atoms with Crippen molar-refractivity contribution in [3.05, 3.63) is 64.5 Å². The van der Waals surface area contributed by atoms with Crippen LogP contribution in [0.5, 0.6) is 0 Å². The van der Waals surface area contributed by atoms with E-state index in [1.807, 2.05) is 12.1 Å². The van der Waals surface area contributed by atoms with Gasteiger partial charge in [0.2, 0.25) is 0 Å². The van der Waals surface area contributed by atoms with Crippen LogP contribution in [-0.2, 0) is 16.0 Å². The molecule has 0 saturated heterocycles. The van der Waals surface area contributed by atoms with Crippen molar-refractivity contribution in [2.75, 3.05) is 11.9 Å². The molecule has 0 aliphatic heterocycles. The Kier molecular flexibility index (Phi) is 5.62. The Labute approximate surface area is 133 Å². The fraction of sp³-hybridized carbons (Fsp3) is 0.250. The summed E-state index contributed by atoms with van der Waals surface area (Å²) in [5.41, 5.74) is 1.34. The van der Waals surface area contributed by atoms with Gasteiger partial charge in [-0.25, -0.2) is 4.79 Å². The van der Waals surface area contributed by atoms with Gasteiger partial charge in [-0.15, -0.1) is 0 Å². The fourth-order valence-electron chi connectivity index (χ4n) is 2.04. The maximum absolute atomic E-state index is 12.1. The first-order valence-corrected chi connectivity index (χ1v) is 7.17. The number of esters is 1. The first kappa shape index (κ1) is 16.4. The molecule has 0 saturated carbocycles. The van der Waals surface area contributed by atoms with Gasteiger partial charge in [-0.3, -0.25) is 15.1 Å². The Balaban J connectivity index is 2.13. The molecule has 2 aromatic rings. The standard InChI is InChI=1S/C16H17N3O4/c1-2-23-16(20)15(11-13-5-3-4-10-17-13)18-12-6-8-14(9-7-12)19(21)22/h3-10,15,18H,2,11H2,1H3. The van der Waals surface area contributed by atoms with Gasteiger partial charge in [0.25, 0.3) is 5.69 Å². The molecule has 0 spiro atoms. The molecule has 1 aromatic heterocycles. The molecule has 1 atom stereocenters. The number of hydrogen-bond acceptors (Lipinski definition) is 6. The van der Waals surface area contributed by atoms with Crippen molar-refractivity contribution < 1.29 is 14.5 Å². The molecule has 2 rings (SSSR count). The van der Waals surface area contributed by atoms with Crippen LogP contribution in [0.25, 0.3) is 0 Å². The van der Waals surface area contributed by atoms with Gasteiger partial charge >= 0.3 is 5.97 Å². The largest absolute Gasteiger partial charge is 0.464 e. The second-order valence-electron chi connectivity index (χ2n) is 4.78. The molecule has 1 aromatic carbocycles. The van der Waals surface area contributed by atoms with Crippen molar-refractivity contribution >= 4 is 17.3 Å². The Hall–Kier alpha value is -2.96. The normalized spacial score (nSPS) is 11.5. The van der Waals surface area contributed by atoms with E-state index in [0.29, 0.717) is 12.1 Å². The van der Waals surface area contributed by atoms with E-state index in [2.05, 4.69) is 10.3 Å². The Morgan fingerprint density at radius 2 is 2.04 bits per heavy atom. The number of pyridine rings is 1. The molecule has 1 heterocycles. The molecule has 0 aliphatic rings. The molecule has 0 fully saturated rings. The molecule has 23 heavy (non-hydrogen) atoms. The number of carbonyl (C=O) groups excluding carboxylic acids is 1. The van der Waals surface area contributed by atoms with Crippen LogP contribution in [-0.4, -0.2) is 28.5 Å². The second-order valence-corrected chi connectivity index (χ2v) is 4.78. The summed E-state index contributed by atoms with van der Waals surface area (Å²) in [6, 6.07) is 10.7. The number of non-ortho nitro benzene ring substituents is 1. The third kappa shape index (κ3) is 4.77. The molecule has 1 N–H and O–H groups in total. The minimum atomic E-state index is -0.619. The maximum atomic E-state index is 12.1. The highest BCUT2D eigenvalue weighted by Crippen LogP contribution is 2.17. The Morgan fingerprint density at radius 1 is 1.30 bits per heavy atom. The lowest BCUT2D eigenvalue weighted by atomic mass is 10.1. The van der Waals surface area contributed by atoms with E-state index in [0.717, 1.165) is 5.69 Å². The Bertz CT molecular complexity index is 659. The molecule has 0 aliphatic carbocycles. The molecule has 0 radical (unpaired) electrons. The summed E-state index contributed by atoms with van der Waals surface area (Å²) < 4.78 is 5.07. The summed E-state index contributed by atoms with van der Waals surface area (Å²) in [6.45, 7) is 2.01. The molecular formula is C16H17N3O4. The van der Waals surface area contributed by atoms with Crippen molar-refractivity contribution in [2.24, 2.45) is 0 Å². The van der Waals surface area contributed by atoms with Gasteiger partial charge in [-0.05, 0) is 31.2 Å². The summed E-state index contributed by atoms with van der Waals surface area (Å²) in [4.78, 5) is 26.5. The average molecular weight is 315 g/mol. The minimum absolute atomic E-state index is 0.00652. The van der Waals surface area contributed by atoms with Gasteiger partial charge in [0.15, 0.2) is 0 Å². The molecule has 7 heteroatoms. The lowest BCUT2D eigenvalue weighted by Crippen LogP contribution is -2.33. The number of anilines is 1. The van der Waals surface area contributed by atoms with Crippen LogP contribution in [0.3, 0.4) is 0 Å². The number of benzene rings is 1. The number of nitro groups is 1. The number of aromatic nitrogens is 1. The molecule has 0 bridgehead atoms. The first-order valence-electron chi connectivity index (χ1n) is 7.17. The van der Waals surface area contributed by atoms with Gasteiger partial charge in [0.05, 0.1) is 11.5 Å². The van der Waals surface area contributed by atoms with Crippen LogP contribution < -0.4 is 5.32 Å². The van der Waals surface area contributed by atoms with Crippen molar-refractivity contribution in [3.8, 4) is 0 Å². The topological polar surface area (TPSA) is 94.4 Å². The number of rotatable bonds is 7. The van der Waals surface area contributed by atoms with Crippen LogP contribution in [0.1, 0.15) is 12.6 Å². The van der Waals surface area contributed by atoms with Crippen molar-refractivity contribution in [1.29, 1.82) is 0 Å². The third-order valence-electron chi connectivity index (χ3n) is 3.13. The summed E-state index contributed by atoms with van der Waals surface area (Å²) in [7, 11) is 0. The predicted molar refractivity (Wildman–Crippen MR) is 85.1 cm³/mol. The van der Waals surface area contributed by atoms with E-state index >= 15 is 0 Å². The summed E-state index contributed by atoms with van der Waals surface area (Å²) in [6.07, 6.45) is 2.01. The second kappa shape index (κ2) is 7.88. The number of ether oxygens (including phenoxy) is 1. The predicted octanol–water partition coefficient (Wildman–Crippen LogP) is 2.58. The lowest BCUT2D eigenvalue weighted by molar-refractivity contribution is -0.384. The first-order chi connectivity index (χ1) is 11.1. The quantitative estimate of drug-likeness (QED) is 0.479. The zero-order valence-corrected chi connectivity index (χ0v) is 12.6. The Morgan fingerprint density at radius 3 is 2.61 bits per heavy atom. The van der Waals surface area contributed by atoms with Crippen LogP contribution in [0.15, 0.2) is 48.7 Å². The van der Waals surface area contributed by atoms with E-state index in [4.69, 9.17) is 4.74 Å². The highest BCUT2D eigenvalue weighted by molar-refractivity contribution is 5.79. The maximum Gasteiger partial charge on any atom is 0.328 e. The molecule has 0 amide bonds. The van der Waals surface area contributed by atoms with Crippen LogP contribution in [0, 0.1) is 10.1 Å². The molecule has 1 unspecified atom stereocenters. The number of nitrogens with zero attached hydrogens (tertiary/aromatic N) is 2. The number of carbonyl (C=O) groups is 1. The highest BCUT2D eigenvalue weighted by atomic mass is 16.6. The van der Waals surface area contributed by atoms with E-state index < -0.39 is 16.9 Å². The van der Waals surface area contributed by atoms with Crippen LogP contribution in [0.4, 0.5) is 11.4 Å². The van der Waals surface area contributed by atoms with Crippen molar-refractivity contribution in [2.45, 2.75) is 19.4 Å². The van der Waals surface area contributed by atoms with Gasteiger partial charge in [0.1, 0.15) is 6.04 Å². The zero-order valence-electron chi connectivity index (χ0n) is 12.6. The number of nitrogens with one attached hydrogen (secondary N) is 1. The highest BCUT2D eigenvalue weighted by Gasteiger charge is 2.21. The van der Waals surface area contributed by atoms with E-state index in [-0.39, 0.29) is 12.3 Å². The average Bonchev–Trinajstić information content (AvgIpc) is 2.56. The molecule has 7 nitrogen and oxygen atoms in total. The van der Waals surface area contributed by atoms with Crippen LogP contribution in [0.2, 0.25) is 0 Å². The van der Waals surface area contributed by atoms with Crippen molar-refractivity contribution in [3.63, 3.8) is 0 Å². The van der Waals surface area contributed by atoms with Gasteiger partial charge in [-0.1, -0.05) is 6.07 Å². The smallest absolute Gasteiger partial charge is 0.328 e. The van der Waals surface area contributed by atoms with Gasteiger partial charge in [-0.2, -0.15) is 0 Å². The van der Waals surface area contributed by atoms with Gasteiger partial charge < -0.3 is 10.1 Å². The monoisotopic (exact) mass is 315 g/mol. The zero-order chi connectivity index (χ0) is 16.7. The lowest BCUT2D eigenvalue weighted by Gasteiger charge is -2.18. The van der Waals surface area contributed by atoms with Crippen molar-refractivity contribution in [1.82, 2.24) is 4.98 Å². The summed E-state index contributed by atoms with van der Waals surface area (Å²) >= 11 is 0. The van der Waals surface area contributed by atoms with E-state index in [9.17, 15) is 14.9 Å². The van der Waals surface area contributed by atoms with Crippen LogP contribution >= 0.6 is 0 Å².